The average molecular weight is 290 g/mol. The van der Waals surface area contributed by atoms with Crippen LogP contribution in [0.1, 0.15) is 38.5 Å². The predicted molar refractivity (Wildman–Crippen MR) is 74.5 cm³/mol. The second-order valence-corrected chi connectivity index (χ2v) is 7.88. The first kappa shape index (κ1) is 12.4. The van der Waals surface area contributed by atoms with Crippen LogP contribution in [0.5, 0.6) is 0 Å². The minimum atomic E-state index is -0.348. The maximum Gasteiger partial charge on any atom is 0.328 e. The molecule has 0 aromatic carbocycles. The summed E-state index contributed by atoms with van der Waals surface area (Å²) in [6.07, 6.45) is 7.14. The molecule has 6 fully saturated rings. The smallest absolute Gasteiger partial charge is 0.328 e. The number of imide groups is 1. The summed E-state index contributed by atoms with van der Waals surface area (Å²) in [6, 6.07) is -0.380. The van der Waals surface area contributed by atoms with Gasteiger partial charge in [0.05, 0.1) is 18.8 Å². The summed E-state index contributed by atoms with van der Waals surface area (Å²) in [5.74, 6) is 2.24. The molecule has 4 bridgehead atoms. The van der Waals surface area contributed by atoms with Crippen LogP contribution in [0.3, 0.4) is 0 Å². The minimum Gasteiger partial charge on any atom is -0.377 e. The van der Waals surface area contributed by atoms with E-state index in [4.69, 9.17) is 4.74 Å². The fourth-order valence-electron chi connectivity index (χ4n) is 6.18. The molecule has 2 aliphatic heterocycles. The van der Waals surface area contributed by atoms with Crippen LogP contribution in [0.4, 0.5) is 4.79 Å². The maximum absolute atomic E-state index is 12.8. The maximum atomic E-state index is 12.8. The highest BCUT2D eigenvalue weighted by Gasteiger charge is 2.61. The molecule has 1 atom stereocenters. The highest BCUT2D eigenvalue weighted by atomic mass is 16.5. The molecule has 6 rings (SSSR count). The highest BCUT2D eigenvalue weighted by molar-refractivity contribution is 6.05. The lowest BCUT2D eigenvalue weighted by Crippen LogP contribution is -2.62. The number of hydrogen-bond acceptors (Lipinski definition) is 3. The summed E-state index contributed by atoms with van der Waals surface area (Å²) in [6.45, 7) is 1.51. The zero-order chi connectivity index (χ0) is 14.2. The third kappa shape index (κ3) is 1.56. The molecule has 2 saturated heterocycles. The number of rotatable bonds is 1. The fourth-order valence-corrected chi connectivity index (χ4v) is 6.18. The Labute approximate surface area is 124 Å². The standard InChI is InChI=1S/C16H22N2O3/c19-14-13-9-21-2-1-17(13)15(20)18(14)16-6-10-3-11(7-16)5-12(4-10)8-16/h10-13H,1-9H2. The Morgan fingerprint density at radius 2 is 1.62 bits per heavy atom. The molecule has 4 aliphatic carbocycles. The van der Waals surface area contributed by atoms with Crippen molar-refractivity contribution in [3.8, 4) is 0 Å². The van der Waals surface area contributed by atoms with E-state index in [0.29, 0.717) is 19.8 Å². The molecule has 0 spiro atoms. The molecule has 4 saturated carbocycles. The van der Waals surface area contributed by atoms with Gasteiger partial charge in [-0.3, -0.25) is 9.69 Å². The van der Waals surface area contributed by atoms with Crippen molar-refractivity contribution >= 4 is 11.9 Å². The summed E-state index contributed by atoms with van der Waals surface area (Å²) in [5.41, 5.74) is -0.153. The van der Waals surface area contributed by atoms with Crippen molar-refractivity contribution in [1.29, 1.82) is 0 Å². The van der Waals surface area contributed by atoms with Gasteiger partial charge in [0, 0.05) is 6.54 Å². The number of nitrogens with zero attached hydrogens (tertiary/aromatic N) is 2. The highest BCUT2D eigenvalue weighted by Crippen LogP contribution is 2.58. The molecule has 3 amide bonds. The van der Waals surface area contributed by atoms with Crippen LogP contribution in [-0.2, 0) is 9.53 Å². The quantitative estimate of drug-likeness (QED) is 0.690. The SMILES string of the molecule is O=C1C2COCCN2C(=O)N1C12CC3CC(CC(C3)C1)C2. The largest absolute Gasteiger partial charge is 0.377 e. The van der Waals surface area contributed by atoms with Crippen molar-refractivity contribution in [3.63, 3.8) is 0 Å². The van der Waals surface area contributed by atoms with Gasteiger partial charge in [-0.05, 0) is 56.3 Å². The van der Waals surface area contributed by atoms with Gasteiger partial charge in [0.15, 0.2) is 0 Å². The second kappa shape index (κ2) is 4.00. The van der Waals surface area contributed by atoms with Gasteiger partial charge in [-0.2, -0.15) is 0 Å². The summed E-state index contributed by atoms with van der Waals surface area (Å²) in [5, 5.41) is 0. The van der Waals surface area contributed by atoms with Crippen LogP contribution in [0.15, 0.2) is 0 Å². The summed E-state index contributed by atoms with van der Waals surface area (Å²) >= 11 is 0. The van der Waals surface area contributed by atoms with Crippen molar-refractivity contribution < 1.29 is 14.3 Å². The van der Waals surface area contributed by atoms with Gasteiger partial charge in [-0.15, -0.1) is 0 Å². The second-order valence-electron chi connectivity index (χ2n) is 7.88. The number of ether oxygens (including phenoxy) is 1. The number of fused-ring (bicyclic) bond motifs is 1. The molecule has 1 unspecified atom stereocenters. The lowest BCUT2D eigenvalue weighted by molar-refractivity contribution is -0.143. The molecule has 6 aliphatic rings. The van der Waals surface area contributed by atoms with E-state index < -0.39 is 0 Å². The van der Waals surface area contributed by atoms with Crippen LogP contribution >= 0.6 is 0 Å². The number of urea groups is 1. The van der Waals surface area contributed by atoms with Gasteiger partial charge in [0.25, 0.3) is 5.91 Å². The molecule has 0 aromatic rings. The Kier molecular flexibility index (Phi) is 2.37. The Balaban J connectivity index is 1.52. The topological polar surface area (TPSA) is 49.9 Å². The first-order valence-corrected chi connectivity index (χ1v) is 8.39. The molecule has 0 aromatic heterocycles. The third-order valence-electron chi connectivity index (χ3n) is 6.55. The molecule has 2 heterocycles. The lowest BCUT2D eigenvalue weighted by atomic mass is 9.52. The van der Waals surface area contributed by atoms with Gasteiger partial charge >= 0.3 is 6.03 Å². The van der Waals surface area contributed by atoms with E-state index in [2.05, 4.69) is 0 Å². The van der Waals surface area contributed by atoms with Crippen LogP contribution in [0.2, 0.25) is 0 Å². The van der Waals surface area contributed by atoms with Crippen LogP contribution in [0, 0.1) is 17.8 Å². The van der Waals surface area contributed by atoms with Crippen LogP contribution < -0.4 is 0 Å². The molecule has 0 N–H and O–H groups in total. The molecule has 114 valence electrons. The Hall–Kier alpha value is -1.10. The number of carbonyl (C=O) groups excluding carboxylic acids is 2. The predicted octanol–water partition coefficient (Wildman–Crippen LogP) is 1.62. The Morgan fingerprint density at radius 1 is 1.00 bits per heavy atom. The van der Waals surface area contributed by atoms with Gasteiger partial charge < -0.3 is 9.64 Å². The summed E-state index contributed by atoms with van der Waals surface area (Å²) in [7, 11) is 0. The van der Waals surface area contributed by atoms with E-state index in [1.54, 1.807) is 9.80 Å². The number of amides is 3. The van der Waals surface area contributed by atoms with Gasteiger partial charge in [0.1, 0.15) is 6.04 Å². The minimum absolute atomic E-state index is 0.0154. The van der Waals surface area contributed by atoms with Crippen molar-refractivity contribution in [3.05, 3.63) is 0 Å². The summed E-state index contributed by atoms with van der Waals surface area (Å²) < 4.78 is 5.43. The monoisotopic (exact) mass is 290 g/mol. The summed E-state index contributed by atoms with van der Waals surface area (Å²) in [4.78, 5) is 29.1. The van der Waals surface area contributed by atoms with E-state index in [0.717, 1.165) is 37.0 Å². The molecule has 21 heavy (non-hydrogen) atoms. The number of hydrogen-bond donors (Lipinski definition) is 0. The zero-order valence-electron chi connectivity index (χ0n) is 12.3. The van der Waals surface area contributed by atoms with Gasteiger partial charge in [0.2, 0.25) is 0 Å². The van der Waals surface area contributed by atoms with Gasteiger partial charge in [-0.1, -0.05) is 0 Å². The molecule has 5 heteroatoms. The van der Waals surface area contributed by atoms with E-state index in [9.17, 15) is 9.59 Å². The van der Waals surface area contributed by atoms with Crippen molar-refractivity contribution in [2.24, 2.45) is 17.8 Å². The molecule has 5 nitrogen and oxygen atoms in total. The normalized spacial score (nSPS) is 48.2. The van der Waals surface area contributed by atoms with Crippen molar-refractivity contribution in [2.45, 2.75) is 50.1 Å². The van der Waals surface area contributed by atoms with Crippen LogP contribution in [-0.4, -0.2) is 53.1 Å². The van der Waals surface area contributed by atoms with Crippen molar-refractivity contribution in [1.82, 2.24) is 9.80 Å². The number of morpholine rings is 1. The van der Waals surface area contributed by atoms with E-state index in [1.165, 1.54) is 19.3 Å². The average Bonchev–Trinajstić information content (AvgIpc) is 2.70. The Morgan fingerprint density at radius 3 is 2.19 bits per heavy atom. The molecular weight excluding hydrogens is 268 g/mol. The van der Waals surface area contributed by atoms with E-state index in [-0.39, 0.29) is 23.5 Å². The zero-order valence-corrected chi connectivity index (χ0v) is 12.3. The third-order valence-corrected chi connectivity index (χ3v) is 6.55. The Bertz CT molecular complexity index is 458. The lowest BCUT2D eigenvalue weighted by Gasteiger charge is -2.58. The van der Waals surface area contributed by atoms with Gasteiger partial charge in [-0.25, -0.2) is 4.79 Å². The first-order chi connectivity index (χ1) is 10.2. The van der Waals surface area contributed by atoms with Crippen molar-refractivity contribution in [2.75, 3.05) is 19.8 Å². The number of carbonyl (C=O) groups is 2. The van der Waals surface area contributed by atoms with E-state index in [1.807, 2.05) is 0 Å². The van der Waals surface area contributed by atoms with E-state index >= 15 is 0 Å². The fraction of sp³-hybridized carbons (Fsp3) is 0.875. The first-order valence-electron chi connectivity index (χ1n) is 8.39. The molecule has 0 radical (unpaired) electrons. The van der Waals surface area contributed by atoms with Crippen LogP contribution in [0.25, 0.3) is 0 Å². The molecular formula is C16H22N2O3.